The number of hydrogen-bond donors (Lipinski definition) is 2. The van der Waals surface area contributed by atoms with Crippen molar-refractivity contribution in [3.63, 3.8) is 0 Å². The Kier molecular flexibility index (Phi) is 3.24. The van der Waals surface area contributed by atoms with Crippen molar-refractivity contribution >= 4 is 18.5 Å². The lowest BCUT2D eigenvalue weighted by molar-refractivity contribution is -0.120. The summed E-state index contributed by atoms with van der Waals surface area (Å²) in [6, 6.07) is 0. The summed E-state index contributed by atoms with van der Waals surface area (Å²) in [5.74, 6) is 0.348. The minimum Gasteiger partial charge on any atom is -0.348 e. The van der Waals surface area contributed by atoms with Gasteiger partial charge in [-0.25, -0.2) is 0 Å². The van der Waals surface area contributed by atoms with Crippen LogP contribution in [0.1, 0.15) is 12.7 Å². The van der Waals surface area contributed by atoms with Crippen LogP contribution in [0.15, 0.2) is 0 Å². The van der Waals surface area contributed by atoms with Crippen LogP contribution in [0, 0.1) is 0 Å². The molecule has 0 bridgehead atoms. The average molecular weight is 201 g/mol. The Morgan fingerprint density at radius 3 is 2.92 bits per heavy atom. The number of tetrazole rings is 1. The molecule has 1 atom stereocenters. The van der Waals surface area contributed by atoms with Gasteiger partial charge in [0.1, 0.15) is 0 Å². The van der Waals surface area contributed by atoms with Gasteiger partial charge in [-0.2, -0.15) is 17.4 Å². The quantitative estimate of drug-likeness (QED) is 0.624. The van der Waals surface area contributed by atoms with Crippen molar-refractivity contribution in [3.05, 3.63) is 5.82 Å². The summed E-state index contributed by atoms with van der Waals surface area (Å²) in [5, 5.41) is 13.5. The number of carbonyl (C=O) groups is 1. The largest absolute Gasteiger partial charge is 0.348 e. The summed E-state index contributed by atoms with van der Waals surface area (Å²) in [7, 11) is 1.67. The number of nitrogens with zero attached hydrogens (tertiary/aromatic N) is 4. The highest BCUT2D eigenvalue weighted by Crippen LogP contribution is 1.92. The van der Waals surface area contributed by atoms with E-state index in [-0.39, 0.29) is 17.7 Å². The molecule has 1 unspecified atom stereocenters. The molecule has 0 aromatic carbocycles. The number of hydrogen-bond acceptors (Lipinski definition) is 5. The second-order valence-electron chi connectivity index (χ2n) is 2.59. The second-order valence-corrected chi connectivity index (χ2v) is 3.36. The molecule has 72 valence electrons. The normalized spacial score (nSPS) is 12.5. The summed E-state index contributed by atoms with van der Waals surface area (Å²) in [6.07, 6.45) is 0. The lowest BCUT2D eigenvalue weighted by Gasteiger charge is -2.03. The molecule has 1 heterocycles. The van der Waals surface area contributed by atoms with Crippen LogP contribution in [-0.4, -0.2) is 31.4 Å². The van der Waals surface area contributed by atoms with E-state index in [1.807, 2.05) is 0 Å². The van der Waals surface area contributed by atoms with Gasteiger partial charge in [0.15, 0.2) is 5.82 Å². The Hall–Kier alpha value is -1.11. The Morgan fingerprint density at radius 2 is 2.46 bits per heavy atom. The van der Waals surface area contributed by atoms with Crippen LogP contribution >= 0.6 is 12.6 Å². The molecule has 1 amide bonds. The molecule has 1 aromatic heterocycles. The highest BCUT2D eigenvalue weighted by molar-refractivity contribution is 7.81. The monoisotopic (exact) mass is 201 g/mol. The van der Waals surface area contributed by atoms with Crippen LogP contribution in [0.4, 0.5) is 0 Å². The van der Waals surface area contributed by atoms with E-state index in [9.17, 15) is 4.79 Å². The fraction of sp³-hybridized carbons (Fsp3) is 0.667. The molecule has 0 aliphatic rings. The highest BCUT2D eigenvalue weighted by atomic mass is 32.1. The van der Waals surface area contributed by atoms with Gasteiger partial charge in [-0.05, 0) is 12.1 Å². The van der Waals surface area contributed by atoms with Crippen molar-refractivity contribution in [3.8, 4) is 0 Å². The molecule has 0 aliphatic carbocycles. The summed E-state index contributed by atoms with van der Waals surface area (Å²) < 4.78 is 0. The predicted octanol–water partition coefficient (Wildman–Crippen LogP) is -0.855. The van der Waals surface area contributed by atoms with Crippen LogP contribution in [0.5, 0.6) is 0 Å². The Morgan fingerprint density at radius 1 is 1.77 bits per heavy atom. The van der Waals surface area contributed by atoms with Crippen LogP contribution in [0.3, 0.4) is 0 Å². The third kappa shape index (κ3) is 3.02. The van der Waals surface area contributed by atoms with E-state index in [1.165, 1.54) is 4.80 Å². The average Bonchev–Trinajstić information content (AvgIpc) is 2.47. The summed E-state index contributed by atoms with van der Waals surface area (Å²) in [4.78, 5) is 12.4. The number of thiol groups is 1. The number of amides is 1. The maximum Gasteiger partial charge on any atom is 0.232 e. The lowest BCUT2D eigenvalue weighted by Crippen LogP contribution is -2.29. The maximum atomic E-state index is 11.1. The Labute approximate surface area is 81.1 Å². The smallest absolute Gasteiger partial charge is 0.232 e. The first-order valence-electron chi connectivity index (χ1n) is 3.78. The number of nitrogens with one attached hydrogen (secondary N) is 1. The molecule has 0 spiro atoms. The van der Waals surface area contributed by atoms with Gasteiger partial charge in [0, 0.05) is 0 Å². The lowest BCUT2D eigenvalue weighted by atomic mass is 10.4. The zero-order valence-electron chi connectivity index (χ0n) is 7.43. The Balaban J connectivity index is 2.39. The third-order valence-corrected chi connectivity index (χ3v) is 1.58. The molecule has 6 nitrogen and oxygen atoms in total. The minimum atomic E-state index is -0.323. The molecule has 13 heavy (non-hydrogen) atoms. The van der Waals surface area contributed by atoms with Crippen molar-refractivity contribution < 1.29 is 4.79 Å². The molecule has 1 N–H and O–H groups in total. The molecule has 0 fully saturated rings. The zero-order valence-corrected chi connectivity index (χ0v) is 8.32. The van der Waals surface area contributed by atoms with Gasteiger partial charge >= 0.3 is 0 Å². The first-order valence-corrected chi connectivity index (χ1v) is 4.30. The summed E-state index contributed by atoms with van der Waals surface area (Å²) in [6.45, 7) is 1.99. The van der Waals surface area contributed by atoms with Gasteiger partial charge in [0.05, 0.1) is 18.8 Å². The molecule has 7 heteroatoms. The van der Waals surface area contributed by atoms with Crippen molar-refractivity contribution in [2.24, 2.45) is 7.05 Å². The summed E-state index contributed by atoms with van der Waals surface area (Å²) >= 11 is 3.97. The molecule has 1 rings (SSSR count). The van der Waals surface area contributed by atoms with Crippen molar-refractivity contribution in [1.29, 1.82) is 0 Å². The fourth-order valence-electron chi connectivity index (χ4n) is 0.708. The predicted molar refractivity (Wildman–Crippen MR) is 49.1 cm³/mol. The van der Waals surface area contributed by atoms with Gasteiger partial charge in [0.2, 0.25) is 5.91 Å². The maximum absolute atomic E-state index is 11.1. The number of rotatable bonds is 3. The summed E-state index contributed by atoms with van der Waals surface area (Å²) in [5.41, 5.74) is 0. The van der Waals surface area contributed by atoms with Crippen LogP contribution in [0.2, 0.25) is 0 Å². The fourth-order valence-corrected chi connectivity index (χ4v) is 0.799. The molecular weight excluding hydrogens is 190 g/mol. The van der Waals surface area contributed by atoms with Gasteiger partial charge in [-0.1, -0.05) is 0 Å². The van der Waals surface area contributed by atoms with E-state index in [0.29, 0.717) is 5.82 Å². The van der Waals surface area contributed by atoms with Gasteiger partial charge < -0.3 is 5.32 Å². The zero-order chi connectivity index (χ0) is 9.84. The van der Waals surface area contributed by atoms with Crippen molar-refractivity contribution in [2.75, 3.05) is 0 Å². The van der Waals surface area contributed by atoms with Gasteiger partial charge in [-0.15, -0.1) is 10.2 Å². The molecule has 0 saturated heterocycles. The van der Waals surface area contributed by atoms with E-state index in [4.69, 9.17) is 0 Å². The second kappa shape index (κ2) is 4.22. The highest BCUT2D eigenvalue weighted by Gasteiger charge is 2.08. The van der Waals surface area contributed by atoms with Gasteiger partial charge in [0.25, 0.3) is 0 Å². The van der Waals surface area contributed by atoms with Crippen LogP contribution < -0.4 is 5.32 Å². The minimum absolute atomic E-state index is 0.143. The molecule has 0 saturated carbocycles. The molecule has 0 radical (unpaired) electrons. The van der Waals surface area contributed by atoms with E-state index < -0.39 is 0 Å². The number of carbonyl (C=O) groups excluding carboxylic acids is 1. The molecule has 0 aliphatic heterocycles. The standard InChI is InChI=1S/C6H11N5OS/c1-4(13)6(12)7-3-5-8-10-11(2)9-5/h4,13H,3H2,1-2H3,(H,7,12). The van der Waals surface area contributed by atoms with Crippen molar-refractivity contribution in [1.82, 2.24) is 25.5 Å². The molecule has 1 aromatic rings. The number of aryl methyl sites for hydroxylation is 1. The third-order valence-electron chi connectivity index (χ3n) is 1.35. The van der Waals surface area contributed by atoms with Gasteiger partial charge in [-0.3, -0.25) is 4.79 Å². The van der Waals surface area contributed by atoms with Crippen molar-refractivity contribution in [2.45, 2.75) is 18.7 Å². The SMILES string of the molecule is CC(S)C(=O)NCc1nnn(C)n1. The first kappa shape index (κ1) is 9.97. The van der Waals surface area contributed by atoms with E-state index >= 15 is 0 Å². The van der Waals surface area contributed by atoms with E-state index in [2.05, 4.69) is 33.4 Å². The molecular formula is C6H11N5OS. The Bertz CT molecular complexity index is 297. The first-order chi connectivity index (χ1) is 6.09. The van der Waals surface area contributed by atoms with Crippen LogP contribution in [-0.2, 0) is 18.4 Å². The van der Waals surface area contributed by atoms with E-state index in [1.54, 1.807) is 14.0 Å². The van der Waals surface area contributed by atoms with Crippen LogP contribution in [0.25, 0.3) is 0 Å². The number of aromatic nitrogens is 4. The topological polar surface area (TPSA) is 72.7 Å². The van der Waals surface area contributed by atoms with E-state index in [0.717, 1.165) is 0 Å².